The Hall–Kier alpha value is -6.80. The monoisotopic (exact) mass is 929 g/mol. The molecule has 0 spiro atoms. The molecule has 5 aromatic rings. The Morgan fingerprint density at radius 2 is 1.18 bits per heavy atom. The summed E-state index contributed by atoms with van der Waals surface area (Å²) in [6.07, 6.45) is 16.6. The number of fused-ring (bicyclic) bond motifs is 1. The average Bonchev–Trinajstić information content (AvgIpc) is 3.80. The summed E-state index contributed by atoms with van der Waals surface area (Å²) in [5.41, 5.74) is 1.97. The lowest BCUT2D eigenvalue weighted by Gasteiger charge is -2.26. The van der Waals surface area contributed by atoms with E-state index in [1.54, 1.807) is 84.3 Å². The van der Waals surface area contributed by atoms with Crippen molar-refractivity contribution >= 4 is 56.8 Å². The molecule has 4 aromatic carbocycles. The largest absolute Gasteiger partial charge is 0.494 e. The standard InChI is InChI=1S/C53H59N3O10S/c1-3-49(57)63-34-16-7-5-14-32-61-43-26-22-40(23-27-43)51(59)65-45-30-31-47(66-52(60)41-24-28-44(29-25-41)62-33-15-6-8-17-35-64-50(58)4-2)42(36-45)37-54-56(38-39-18-10-9-11-19-39)53-55-46-20-12-13-21-48(46)67-53/h3-4,12-13,20-31,36-37,39H,1-2,5-11,14-19,32-35,38H2. The molecule has 0 atom stereocenters. The molecule has 0 N–H and O–H groups in total. The van der Waals surface area contributed by atoms with Crippen LogP contribution in [-0.2, 0) is 19.1 Å². The van der Waals surface area contributed by atoms with E-state index in [9.17, 15) is 19.2 Å². The lowest BCUT2D eigenvalue weighted by molar-refractivity contribution is -0.138. The number of nitrogens with zero attached hydrogens (tertiary/aromatic N) is 3. The molecule has 0 radical (unpaired) electrons. The van der Waals surface area contributed by atoms with Crippen LogP contribution in [0.3, 0.4) is 0 Å². The number of ether oxygens (including phenoxy) is 6. The number of hydrazone groups is 1. The van der Waals surface area contributed by atoms with Gasteiger partial charge >= 0.3 is 23.9 Å². The van der Waals surface area contributed by atoms with Crippen molar-refractivity contribution in [2.45, 2.75) is 83.5 Å². The van der Waals surface area contributed by atoms with Crippen LogP contribution in [0.5, 0.6) is 23.0 Å². The van der Waals surface area contributed by atoms with Crippen molar-refractivity contribution < 1.29 is 47.6 Å². The Balaban J connectivity index is 1.11. The van der Waals surface area contributed by atoms with Gasteiger partial charge in [-0.25, -0.2) is 29.2 Å². The first-order chi connectivity index (χ1) is 32.8. The van der Waals surface area contributed by atoms with Gasteiger partial charge in [0.15, 0.2) is 0 Å². The normalized spacial score (nSPS) is 12.6. The van der Waals surface area contributed by atoms with Gasteiger partial charge in [-0.15, -0.1) is 0 Å². The second kappa shape index (κ2) is 27.0. The Kier molecular flexibility index (Phi) is 20.0. The molecule has 67 heavy (non-hydrogen) atoms. The van der Waals surface area contributed by atoms with Crippen LogP contribution in [0.4, 0.5) is 5.13 Å². The first-order valence-corrected chi connectivity index (χ1v) is 23.9. The second-order valence-electron chi connectivity index (χ2n) is 16.1. The lowest BCUT2D eigenvalue weighted by Crippen LogP contribution is -2.26. The van der Waals surface area contributed by atoms with Gasteiger partial charge in [0, 0.05) is 24.3 Å². The third kappa shape index (κ3) is 16.5. The summed E-state index contributed by atoms with van der Waals surface area (Å²) in [4.78, 5) is 54.3. The average molecular weight is 930 g/mol. The molecule has 1 heterocycles. The van der Waals surface area contributed by atoms with E-state index in [1.165, 1.54) is 19.3 Å². The smallest absolute Gasteiger partial charge is 0.343 e. The zero-order valence-electron chi connectivity index (χ0n) is 37.9. The minimum absolute atomic E-state index is 0.229. The zero-order valence-corrected chi connectivity index (χ0v) is 38.8. The number of para-hydroxylation sites is 1. The van der Waals surface area contributed by atoms with E-state index in [1.807, 2.05) is 29.3 Å². The highest BCUT2D eigenvalue weighted by molar-refractivity contribution is 7.22. The molecule has 1 aliphatic rings. The molecule has 352 valence electrons. The summed E-state index contributed by atoms with van der Waals surface area (Å²) in [7, 11) is 0. The number of anilines is 1. The van der Waals surface area contributed by atoms with E-state index in [0.29, 0.717) is 67.1 Å². The highest BCUT2D eigenvalue weighted by Gasteiger charge is 2.21. The lowest BCUT2D eigenvalue weighted by atomic mass is 9.89. The van der Waals surface area contributed by atoms with Crippen molar-refractivity contribution in [1.29, 1.82) is 0 Å². The van der Waals surface area contributed by atoms with Crippen LogP contribution in [0.2, 0.25) is 0 Å². The predicted molar refractivity (Wildman–Crippen MR) is 261 cm³/mol. The first kappa shape index (κ1) is 49.6. The number of carbonyl (C=O) groups excluding carboxylic acids is 4. The Labute approximate surface area is 396 Å². The first-order valence-electron chi connectivity index (χ1n) is 23.1. The maximum atomic E-state index is 13.6. The number of unbranched alkanes of at least 4 members (excludes halogenated alkanes) is 6. The van der Waals surface area contributed by atoms with Gasteiger partial charge in [0.1, 0.15) is 23.0 Å². The van der Waals surface area contributed by atoms with E-state index in [2.05, 4.69) is 13.2 Å². The summed E-state index contributed by atoms with van der Waals surface area (Å²) in [5, 5.41) is 7.66. The maximum absolute atomic E-state index is 13.6. The van der Waals surface area contributed by atoms with Crippen LogP contribution in [-0.4, -0.2) is 68.0 Å². The molecule has 0 amide bonds. The van der Waals surface area contributed by atoms with Crippen molar-refractivity contribution in [2.75, 3.05) is 38.0 Å². The number of aromatic nitrogens is 1. The highest BCUT2D eigenvalue weighted by Crippen LogP contribution is 2.33. The van der Waals surface area contributed by atoms with Gasteiger partial charge in [-0.3, -0.25) is 0 Å². The summed E-state index contributed by atoms with van der Waals surface area (Å²) < 4.78 is 34.7. The second-order valence-corrected chi connectivity index (χ2v) is 17.1. The third-order valence-corrected chi connectivity index (χ3v) is 12.1. The van der Waals surface area contributed by atoms with E-state index < -0.39 is 23.9 Å². The summed E-state index contributed by atoms with van der Waals surface area (Å²) in [6.45, 7) is 9.22. The number of benzene rings is 4. The van der Waals surface area contributed by atoms with Gasteiger partial charge in [0.2, 0.25) is 5.13 Å². The van der Waals surface area contributed by atoms with E-state index >= 15 is 0 Å². The van der Waals surface area contributed by atoms with E-state index in [-0.39, 0.29) is 11.5 Å². The Morgan fingerprint density at radius 3 is 1.75 bits per heavy atom. The zero-order chi connectivity index (χ0) is 47.1. The molecule has 0 bridgehead atoms. The van der Waals surface area contributed by atoms with Crippen molar-refractivity contribution in [2.24, 2.45) is 11.0 Å². The quantitative estimate of drug-likeness (QED) is 0.0123. The van der Waals surface area contributed by atoms with Crippen LogP contribution in [0, 0.1) is 5.92 Å². The summed E-state index contributed by atoms with van der Waals surface area (Å²) >= 11 is 1.57. The summed E-state index contributed by atoms with van der Waals surface area (Å²) in [5.74, 6) is 0.185. The third-order valence-electron chi connectivity index (χ3n) is 11.0. The topological polar surface area (TPSA) is 152 Å². The van der Waals surface area contributed by atoms with Crippen LogP contribution in [0.25, 0.3) is 10.2 Å². The van der Waals surface area contributed by atoms with Gasteiger partial charge in [0.25, 0.3) is 0 Å². The molecule has 1 aromatic heterocycles. The molecule has 0 unspecified atom stereocenters. The Bertz CT molecular complexity index is 2390. The molecule has 1 fully saturated rings. The van der Waals surface area contributed by atoms with Crippen molar-refractivity contribution in [1.82, 2.24) is 4.98 Å². The molecule has 13 nitrogen and oxygen atoms in total. The van der Waals surface area contributed by atoms with Gasteiger partial charge in [-0.05, 0) is 149 Å². The minimum atomic E-state index is -0.581. The van der Waals surface area contributed by atoms with E-state index in [4.69, 9.17) is 38.5 Å². The number of hydrogen-bond acceptors (Lipinski definition) is 14. The number of carbonyl (C=O) groups is 4. The number of thiazole rings is 1. The van der Waals surface area contributed by atoms with E-state index in [0.717, 1.165) is 91.7 Å². The van der Waals surface area contributed by atoms with Crippen molar-refractivity contribution in [3.05, 3.63) is 133 Å². The molecule has 0 saturated heterocycles. The van der Waals surface area contributed by atoms with Gasteiger partial charge in [-0.2, -0.15) is 5.10 Å². The number of hydrogen-bond donors (Lipinski definition) is 0. The highest BCUT2D eigenvalue weighted by atomic mass is 32.1. The maximum Gasteiger partial charge on any atom is 0.343 e. The van der Waals surface area contributed by atoms with Gasteiger partial charge < -0.3 is 28.4 Å². The van der Waals surface area contributed by atoms with Gasteiger partial charge in [0.05, 0.1) is 54.0 Å². The molecule has 0 aliphatic heterocycles. The predicted octanol–water partition coefficient (Wildman–Crippen LogP) is 11.5. The molecular weight excluding hydrogens is 871 g/mol. The van der Waals surface area contributed by atoms with Crippen LogP contribution in [0.1, 0.15) is 110 Å². The molecule has 14 heteroatoms. The Morgan fingerprint density at radius 1 is 0.642 bits per heavy atom. The SMILES string of the molecule is C=CC(=O)OCCCCCCOc1ccc(C(=O)Oc2ccc(OC(=O)c3ccc(OCCCCCCOC(=O)C=C)cc3)c(C=NN(CC3CCCCC3)c3nc4ccccc4s3)c2)cc1. The fourth-order valence-corrected chi connectivity index (χ4v) is 8.27. The van der Waals surface area contributed by atoms with Crippen LogP contribution < -0.4 is 24.0 Å². The minimum Gasteiger partial charge on any atom is -0.494 e. The molecule has 1 saturated carbocycles. The summed E-state index contributed by atoms with van der Waals surface area (Å²) in [6, 6.07) is 26.3. The number of rotatable bonds is 27. The molecule has 6 rings (SSSR count). The van der Waals surface area contributed by atoms with Crippen molar-refractivity contribution in [3.63, 3.8) is 0 Å². The van der Waals surface area contributed by atoms with Crippen LogP contribution in [0.15, 0.2) is 121 Å². The van der Waals surface area contributed by atoms with Crippen molar-refractivity contribution in [3.8, 4) is 23.0 Å². The van der Waals surface area contributed by atoms with Gasteiger partial charge in [-0.1, -0.05) is 55.9 Å². The molecular formula is C53H59N3O10S. The molecule has 1 aliphatic carbocycles. The number of esters is 4. The fraction of sp³-hybridized carbons (Fsp3) is 0.358. The van der Waals surface area contributed by atoms with Crippen LogP contribution >= 0.6 is 11.3 Å². The fourth-order valence-electron chi connectivity index (χ4n) is 7.33.